The highest BCUT2D eigenvalue weighted by molar-refractivity contribution is 5.80. The molecule has 0 radical (unpaired) electrons. The van der Waals surface area contributed by atoms with Crippen molar-refractivity contribution in [1.82, 2.24) is 10.6 Å². The molecule has 0 bridgehead atoms. The molecule has 0 spiro atoms. The third-order valence-electron chi connectivity index (χ3n) is 3.59. The van der Waals surface area contributed by atoms with Crippen LogP contribution in [0.15, 0.2) is 24.3 Å². The third kappa shape index (κ3) is 3.55. The number of benzene rings is 1. The number of primary amides is 1. The number of hydrogen-bond donors (Lipinski definition) is 3. The van der Waals surface area contributed by atoms with E-state index in [1.54, 1.807) is 0 Å². The SMILES string of the molecule is CC(C)NCCC1NC(C(N)=O)Cc2ccccc21. The summed E-state index contributed by atoms with van der Waals surface area (Å²) >= 11 is 0. The molecule has 1 amide bonds. The molecule has 2 unspecified atom stereocenters. The quantitative estimate of drug-likeness (QED) is 0.744. The number of amides is 1. The van der Waals surface area contributed by atoms with Crippen LogP contribution in [0.3, 0.4) is 0 Å². The van der Waals surface area contributed by atoms with E-state index in [-0.39, 0.29) is 18.0 Å². The maximum Gasteiger partial charge on any atom is 0.234 e. The highest BCUT2D eigenvalue weighted by Crippen LogP contribution is 2.27. The molecule has 4 N–H and O–H groups in total. The molecule has 0 aliphatic carbocycles. The Bertz CT molecular complexity index is 445. The van der Waals surface area contributed by atoms with Gasteiger partial charge >= 0.3 is 0 Å². The number of hydrogen-bond acceptors (Lipinski definition) is 3. The lowest BCUT2D eigenvalue weighted by molar-refractivity contribution is -0.120. The summed E-state index contributed by atoms with van der Waals surface area (Å²) in [5, 5.41) is 6.78. The summed E-state index contributed by atoms with van der Waals surface area (Å²) in [6, 6.07) is 8.73. The lowest BCUT2D eigenvalue weighted by Crippen LogP contribution is -2.48. The monoisotopic (exact) mass is 261 g/mol. The lowest BCUT2D eigenvalue weighted by Gasteiger charge is -2.32. The zero-order valence-electron chi connectivity index (χ0n) is 11.6. The molecule has 0 aromatic heterocycles. The van der Waals surface area contributed by atoms with E-state index in [2.05, 4.69) is 36.6 Å². The predicted octanol–water partition coefficient (Wildman–Crippen LogP) is 1.12. The largest absolute Gasteiger partial charge is 0.368 e. The Balaban J connectivity index is 2.10. The Labute approximate surface area is 114 Å². The maximum atomic E-state index is 11.4. The van der Waals surface area contributed by atoms with E-state index in [0.717, 1.165) is 13.0 Å². The Kier molecular flexibility index (Phi) is 4.56. The zero-order valence-corrected chi connectivity index (χ0v) is 11.6. The van der Waals surface area contributed by atoms with Crippen molar-refractivity contribution >= 4 is 5.91 Å². The van der Waals surface area contributed by atoms with Gasteiger partial charge in [-0.05, 0) is 30.5 Å². The second-order valence-corrected chi connectivity index (χ2v) is 5.47. The van der Waals surface area contributed by atoms with Gasteiger partial charge in [0.2, 0.25) is 5.91 Å². The first-order valence-electron chi connectivity index (χ1n) is 6.94. The summed E-state index contributed by atoms with van der Waals surface area (Å²) < 4.78 is 0. The lowest BCUT2D eigenvalue weighted by atomic mass is 9.88. The van der Waals surface area contributed by atoms with Crippen molar-refractivity contribution in [2.24, 2.45) is 5.73 Å². The summed E-state index contributed by atoms with van der Waals surface area (Å²) in [6.07, 6.45) is 1.65. The van der Waals surface area contributed by atoms with Crippen LogP contribution in [0.1, 0.15) is 37.4 Å². The van der Waals surface area contributed by atoms with Crippen LogP contribution in [-0.2, 0) is 11.2 Å². The van der Waals surface area contributed by atoms with Crippen molar-refractivity contribution in [3.8, 4) is 0 Å². The molecule has 1 aromatic rings. The van der Waals surface area contributed by atoms with Crippen molar-refractivity contribution in [2.45, 2.75) is 44.8 Å². The number of nitrogens with two attached hydrogens (primary N) is 1. The van der Waals surface area contributed by atoms with Crippen molar-refractivity contribution in [3.05, 3.63) is 35.4 Å². The Morgan fingerprint density at radius 2 is 2.21 bits per heavy atom. The van der Waals surface area contributed by atoms with Gasteiger partial charge in [-0.15, -0.1) is 0 Å². The molecule has 2 atom stereocenters. The fourth-order valence-electron chi connectivity index (χ4n) is 2.61. The van der Waals surface area contributed by atoms with Crippen LogP contribution < -0.4 is 16.4 Å². The Morgan fingerprint density at radius 1 is 1.47 bits per heavy atom. The Morgan fingerprint density at radius 3 is 2.89 bits per heavy atom. The van der Waals surface area contributed by atoms with E-state index in [1.165, 1.54) is 11.1 Å². The van der Waals surface area contributed by atoms with E-state index in [0.29, 0.717) is 12.5 Å². The second-order valence-electron chi connectivity index (χ2n) is 5.47. The maximum absolute atomic E-state index is 11.4. The first-order chi connectivity index (χ1) is 9.08. The van der Waals surface area contributed by atoms with E-state index >= 15 is 0 Å². The predicted molar refractivity (Wildman–Crippen MR) is 76.8 cm³/mol. The van der Waals surface area contributed by atoms with Crippen molar-refractivity contribution < 1.29 is 4.79 Å². The van der Waals surface area contributed by atoms with Crippen LogP contribution in [-0.4, -0.2) is 24.5 Å². The molecule has 0 saturated carbocycles. The van der Waals surface area contributed by atoms with Gasteiger partial charge in [0.05, 0.1) is 6.04 Å². The molecule has 0 saturated heterocycles. The first-order valence-corrected chi connectivity index (χ1v) is 6.94. The number of nitrogens with one attached hydrogen (secondary N) is 2. The van der Waals surface area contributed by atoms with Crippen LogP contribution >= 0.6 is 0 Å². The standard InChI is InChI=1S/C15H23N3O/c1-10(2)17-8-7-13-12-6-4-3-5-11(12)9-14(18-13)15(16)19/h3-6,10,13-14,17-18H,7-9H2,1-2H3,(H2,16,19). The first kappa shape index (κ1) is 14.0. The third-order valence-corrected chi connectivity index (χ3v) is 3.59. The van der Waals surface area contributed by atoms with Crippen LogP contribution in [0.25, 0.3) is 0 Å². The molecule has 2 rings (SSSR count). The number of rotatable bonds is 5. The molecule has 1 aliphatic heterocycles. The highest BCUT2D eigenvalue weighted by atomic mass is 16.1. The van der Waals surface area contributed by atoms with E-state index in [4.69, 9.17) is 5.73 Å². The van der Waals surface area contributed by atoms with Gasteiger partial charge in [0.15, 0.2) is 0 Å². The van der Waals surface area contributed by atoms with Gasteiger partial charge in [-0.2, -0.15) is 0 Å². The van der Waals surface area contributed by atoms with Crippen LogP contribution in [0.2, 0.25) is 0 Å². The summed E-state index contributed by atoms with van der Waals surface area (Å²) in [4.78, 5) is 11.4. The zero-order chi connectivity index (χ0) is 13.8. The second kappa shape index (κ2) is 6.17. The topological polar surface area (TPSA) is 67.2 Å². The minimum Gasteiger partial charge on any atom is -0.368 e. The molecule has 0 fully saturated rings. The minimum absolute atomic E-state index is 0.202. The molecule has 4 nitrogen and oxygen atoms in total. The van der Waals surface area contributed by atoms with Gasteiger partial charge in [-0.25, -0.2) is 0 Å². The fourth-order valence-corrected chi connectivity index (χ4v) is 2.61. The molecule has 1 aromatic carbocycles. The van der Waals surface area contributed by atoms with Gasteiger partial charge in [0.25, 0.3) is 0 Å². The van der Waals surface area contributed by atoms with Gasteiger partial charge in [0, 0.05) is 12.1 Å². The number of carbonyl (C=O) groups is 1. The summed E-state index contributed by atoms with van der Waals surface area (Å²) in [5.74, 6) is -0.267. The molecule has 4 heteroatoms. The molecule has 1 aliphatic rings. The van der Waals surface area contributed by atoms with E-state index < -0.39 is 0 Å². The molecular formula is C15H23N3O. The summed E-state index contributed by atoms with van der Waals surface area (Å²) in [7, 11) is 0. The number of carbonyl (C=O) groups excluding carboxylic acids is 1. The van der Waals surface area contributed by atoms with Gasteiger partial charge in [-0.3, -0.25) is 10.1 Å². The summed E-state index contributed by atoms with van der Waals surface area (Å²) in [6.45, 7) is 5.19. The van der Waals surface area contributed by atoms with Gasteiger partial charge in [-0.1, -0.05) is 38.1 Å². The average molecular weight is 261 g/mol. The minimum atomic E-state index is -0.267. The molecule has 19 heavy (non-hydrogen) atoms. The van der Waals surface area contributed by atoms with E-state index in [9.17, 15) is 4.79 Å². The summed E-state index contributed by atoms with van der Waals surface area (Å²) in [5.41, 5.74) is 7.98. The van der Waals surface area contributed by atoms with Crippen LogP contribution in [0.4, 0.5) is 0 Å². The average Bonchev–Trinajstić information content (AvgIpc) is 2.38. The Hall–Kier alpha value is -1.39. The van der Waals surface area contributed by atoms with Crippen LogP contribution in [0.5, 0.6) is 0 Å². The smallest absolute Gasteiger partial charge is 0.234 e. The van der Waals surface area contributed by atoms with Crippen molar-refractivity contribution in [1.29, 1.82) is 0 Å². The van der Waals surface area contributed by atoms with Crippen LogP contribution in [0, 0.1) is 0 Å². The van der Waals surface area contributed by atoms with Crippen molar-refractivity contribution in [2.75, 3.05) is 6.54 Å². The number of fused-ring (bicyclic) bond motifs is 1. The van der Waals surface area contributed by atoms with Crippen molar-refractivity contribution in [3.63, 3.8) is 0 Å². The molecule has 1 heterocycles. The molecule has 104 valence electrons. The highest BCUT2D eigenvalue weighted by Gasteiger charge is 2.28. The van der Waals surface area contributed by atoms with Gasteiger partial charge < -0.3 is 11.1 Å². The normalized spacial score (nSPS) is 22.3. The van der Waals surface area contributed by atoms with E-state index in [1.807, 2.05) is 12.1 Å². The molecular weight excluding hydrogens is 238 g/mol. The fraction of sp³-hybridized carbons (Fsp3) is 0.533. The van der Waals surface area contributed by atoms with Gasteiger partial charge in [0.1, 0.15) is 0 Å².